The fourth-order valence-corrected chi connectivity index (χ4v) is 6.00. The molecule has 1 aromatic rings. The second-order valence-electron chi connectivity index (χ2n) is 8.66. The van der Waals surface area contributed by atoms with E-state index in [4.69, 9.17) is 0 Å². The van der Waals surface area contributed by atoms with Gasteiger partial charge in [-0.25, -0.2) is 4.98 Å². The van der Waals surface area contributed by atoms with Gasteiger partial charge in [0.05, 0.1) is 5.75 Å². The number of aromatic amines is 1. The predicted molar refractivity (Wildman–Crippen MR) is 109 cm³/mol. The van der Waals surface area contributed by atoms with Gasteiger partial charge in [-0.2, -0.15) is 0 Å². The second kappa shape index (κ2) is 9.44. The number of hydrogen-bond acceptors (Lipinski definition) is 4. The van der Waals surface area contributed by atoms with Crippen LogP contribution < -0.4 is 0 Å². The molecule has 0 unspecified atom stereocenters. The normalized spacial score (nSPS) is 23.0. The first-order chi connectivity index (χ1) is 13.3. The van der Waals surface area contributed by atoms with Gasteiger partial charge in [-0.3, -0.25) is 9.89 Å². The zero-order valence-corrected chi connectivity index (χ0v) is 17.3. The summed E-state index contributed by atoms with van der Waals surface area (Å²) < 4.78 is 0. The Morgan fingerprint density at radius 1 is 0.889 bits per heavy atom. The van der Waals surface area contributed by atoms with E-state index in [1.807, 2.05) is 0 Å². The van der Waals surface area contributed by atoms with Crippen LogP contribution in [0, 0.1) is 0 Å². The molecular weight excluding hydrogens is 356 g/mol. The molecule has 3 saturated carbocycles. The number of rotatable bonds is 6. The maximum absolute atomic E-state index is 13.2. The van der Waals surface area contributed by atoms with Gasteiger partial charge in [0.1, 0.15) is 5.82 Å². The van der Waals surface area contributed by atoms with Gasteiger partial charge in [-0.05, 0) is 38.5 Å². The SMILES string of the molecule is O=C(CSc1n[nH]c(C2CCCC2)n1)N(C1CCCCC1)C1CCCCC1. The number of H-pyrrole nitrogens is 1. The van der Waals surface area contributed by atoms with E-state index in [9.17, 15) is 4.79 Å². The Morgan fingerprint density at radius 3 is 2.04 bits per heavy atom. The van der Waals surface area contributed by atoms with Crippen molar-refractivity contribution in [3.05, 3.63) is 5.82 Å². The molecule has 0 bridgehead atoms. The number of thioether (sulfide) groups is 1. The van der Waals surface area contributed by atoms with Gasteiger partial charge in [0, 0.05) is 18.0 Å². The molecule has 6 heteroatoms. The van der Waals surface area contributed by atoms with Gasteiger partial charge in [-0.15, -0.1) is 5.10 Å². The summed E-state index contributed by atoms with van der Waals surface area (Å²) in [4.78, 5) is 20.2. The van der Waals surface area contributed by atoms with Gasteiger partial charge in [0.2, 0.25) is 11.1 Å². The van der Waals surface area contributed by atoms with Crippen LogP contribution in [-0.2, 0) is 4.79 Å². The van der Waals surface area contributed by atoms with Crippen LogP contribution in [0.1, 0.15) is 102 Å². The second-order valence-corrected chi connectivity index (χ2v) is 9.60. The predicted octanol–water partition coefficient (Wildman–Crippen LogP) is 5.05. The lowest BCUT2D eigenvalue weighted by Crippen LogP contribution is -2.49. The van der Waals surface area contributed by atoms with Gasteiger partial charge in [0.25, 0.3) is 0 Å². The summed E-state index contributed by atoms with van der Waals surface area (Å²) in [5, 5.41) is 8.24. The van der Waals surface area contributed by atoms with Crippen LogP contribution in [0.5, 0.6) is 0 Å². The Labute approximate surface area is 167 Å². The Morgan fingerprint density at radius 2 is 1.44 bits per heavy atom. The van der Waals surface area contributed by atoms with E-state index in [0.717, 1.165) is 11.0 Å². The lowest BCUT2D eigenvalue weighted by molar-refractivity contribution is -0.135. The van der Waals surface area contributed by atoms with Crippen molar-refractivity contribution in [3.8, 4) is 0 Å². The van der Waals surface area contributed by atoms with Crippen molar-refractivity contribution >= 4 is 17.7 Å². The average molecular weight is 391 g/mol. The van der Waals surface area contributed by atoms with E-state index in [1.54, 1.807) is 0 Å². The van der Waals surface area contributed by atoms with Gasteiger partial charge >= 0.3 is 0 Å². The summed E-state index contributed by atoms with van der Waals surface area (Å²) in [7, 11) is 0. The molecule has 0 spiro atoms. The first-order valence-corrected chi connectivity index (χ1v) is 12.2. The van der Waals surface area contributed by atoms with Crippen LogP contribution in [0.25, 0.3) is 0 Å². The van der Waals surface area contributed by atoms with Crippen molar-refractivity contribution in [2.75, 3.05) is 5.75 Å². The Bertz CT molecular complexity index is 583. The van der Waals surface area contributed by atoms with E-state index in [1.165, 1.54) is 102 Å². The lowest BCUT2D eigenvalue weighted by atomic mass is 9.88. The molecule has 0 aliphatic heterocycles. The van der Waals surface area contributed by atoms with Crippen LogP contribution in [0.4, 0.5) is 0 Å². The van der Waals surface area contributed by atoms with E-state index in [-0.39, 0.29) is 0 Å². The Kier molecular flexibility index (Phi) is 6.74. The number of hydrogen-bond donors (Lipinski definition) is 1. The van der Waals surface area contributed by atoms with Gasteiger partial charge in [0.15, 0.2) is 0 Å². The molecule has 150 valence electrons. The number of carbonyl (C=O) groups is 1. The molecule has 3 aliphatic carbocycles. The number of aromatic nitrogens is 3. The first kappa shape index (κ1) is 19.3. The third kappa shape index (κ3) is 4.87. The minimum Gasteiger partial charge on any atom is -0.336 e. The molecule has 0 saturated heterocycles. The fourth-order valence-electron chi connectivity index (χ4n) is 5.33. The molecule has 1 heterocycles. The molecule has 1 aromatic heterocycles. The van der Waals surface area contributed by atoms with E-state index >= 15 is 0 Å². The molecule has 5 nitrogen and oxygen atoms in total. The molecule has 4 rings (SSSR count). The summed E-state index contributed by atoms with van der Waals surface area (Å²) in [6.45, 7) is 0. The summed E-state index contributed by atoms with van der Waals surface area (Å²) in [6.07, 6.45) is 17.6. The number of carbonyl (C=O) groups excluding carboxylic acids is 1. The quantitative estimate of drug-likeness (QED) is 0.691. The third-order valence-electron chi connectivity index (χ3n) is 6.77. The van der Waals surface area contributed by atoms with Crippen LogP contribution in [0.3, 0.4) is 0 Å². The molecule has 3 fully saturated rings. The summed E-state index contributed by atoms with van der Waals surface area (Å²) >= 11 is 1.52. The fraction of sp³-hybridized carbons (Fsp3) is 0.857. The minimum absolute atomic E-state index is 0.311. The van der Waals surface area contributed by atoms with Crippen LogP contribution in [0.2, 0.25) is 0 Å². The molecular formula is C21H34N4OS. The molecule has 0 radical (unpaired) electrons. The van der Waals surface area contributed by atoms with E-state index < -0.39 is 0 Å². The standard InChI is InChI=1S/C21H34N4OS/c26-19(15-27-21-22-20(23-24-21)16-9-7-8-10-16)25(17-11-3-1-4-12-17)18-13-5-2-6-14-18/h16-18H,1-15H2,(H,22,23,24). The highest BCUT2D eigenvalue weighted by Crippen LogP contribution is 2.33. The Hall–Kier alpha value is -1.04. The smallest absolute Gasteiger partial charge is 0.233 e. The molecule has 1 amide bonds. The zero-order chi connectivity index (χ0) is 18.5. The highest BCUT2D eigenvalue weighted by molar-refractivity contribution is 7.99. The van der Waals surface area contributed by atoms with Crippen molar-refractivity contribution in [2.45, 2.75) is 113 Å². The monoisotopic (exact) mass is 390 g/mol. The van der Waals surface area contributed by atoms with E-state index in [2.05, 4.69) is 20.1 Å². The molecule has 0 atom stereocenters. The van der Waals surface area contributed by atoms with Crippen LogP contribution in [-0.4, -0.2) is 43.8 Å². The van der Waals surface area contributed by atoms with Crippen LogP contribution in [0.15, 0.2) is 5.16 Å². The van der Waals surface area contributed by atoms with Crippen molar-refractivity contribution in [3.63, 3.8) is 0 Å². The number of amides is 1. The molecule has 27 heavy (non-hydrogen) atoms. The van der Waals surface area contributed by atoms with Crippen molar-refractivity contribution in [2.24, 2.45) is 0 Å². The Balaban J connectivity index is 1.37. The van der Waals surface area contributed by atoms with Crippen molar-refractivity contribution in [1.29, 1.82) is 0 Å². The number of nitrogens with zero attached hydrogens (tertiary/aromatic N) is 3. The maximum Gasteiger partial charge on any atom is 0.233 e. The molecule has 3 aliphatic rings. The zero-order valence-electron chi connectivity index (χ0n) is 16.5. The summed E-state index contributed by atoms with van der Waals surface area (Å²) in [6, 6.07) is 0.937. The molecule has 0 aromatic carbocycles. The maximum atomic E-state index is 13.2. The third-order valence-corrected chi connectivity index (χ3v) is 7.61. The van der Waals surface area contributed by atoms with Crippen molar-refractivity contribution in [1.82, 2.24) is 20.1 Å². The summed E-state index contributed by atoms with van der Waals surface area (Å²) in [5.74, 6) is 2.36. The highest BCUT2D eigenvalue weighted by Gasteiger charge is 2.32. The first-order valence-electron chi connectivity index (χ1n) is 11.2. The van der Waals surface area contributed by atoms with Crippen molar-refractivity contribution < 1.29 is 4.79 Å². The largest absolute Gasteiger partial charge is 0.336 e. The molecule has 1 N–H and O–H groups in total. The average Bonchev–Trinajstić information content (AvgIpc) is 3.40. The van der Waals surface area contributed by atoms with Gasteiger partial charge < -0.3 is 4.90 Å². The lowest BCUT2D eigenvalue weighted by Gasteiger charge is -2.41. The summed E-state index contributed by atoms with van der Waals surface area (Å²) in [5.41, 5.74) is 0. The highest BCUT2D eigenvalue weighted by atomic mass is 32.2. The van der Waals surface area contributed by atoms with Gasteiger partial charge in [-0.1, -0.05) is 63.1 Å². The number of nitrogens with one attached hydrogen (secondary N) is 1. The van der Waals surface area contributed by atoms with E-state index in [0.29, 0.717) is 29.7 Å². The minimum atomic E-state index is 0.311. The van der Waals surface area contributed by atoms with Crippen LogP contribution >= 0.6 is 11.8 Å². The topological polar surface area (TPSA) is 61.9 Å².